The van der Waals surface area contributed by atoms with Gasteiger partial charge in [-0.25, -0.2) is 0 Å². The first-order valence-corrected chi connectivity index (χ1v) is 8.38. The zero-order chi connectivity index (χ0) is 14.9. The number of nitrogens with one attached hydrogen (secondary N) is 1. The Labute approximate surface area is 131 Å². The minimum atomic E-state index is 0.196. The molecule has 1 aromatic heterocycles. The number of aromatic amines is 1. The Morgan fingerprint density at radius 1 is 1.09 bits per heavy atom. The first-order valence-electron chi connectivity index (χ1n) is 8.38. The standard InChI is InChI=1S/C19H22N2O/c22-19(12-14-6-2-1-3-7-14)21-11-10-16-15-8-4-5-9-17(15)20-18(16)13-21/h4-5,8-9,12,20H,1-3,6-7,10-11,13H2. The summed E-state index contributed by atoms with van der Waals surface area (Å²) in [5, 5.41) is 1.32. The molecule has 1 amide bonds. The molecule has 0 radical (unpaired) electrons. The maximum Gasteiger partial charge on any atom is 0.246 e. The van der Waals surface area contributed by atoms with Gasteiger partial charge < -0.3 is 9.88 Å². The summed E-state index contributed by atoms with van der Waals surface area (Å²) < 4.78 is 0. The molecule has 2 heterocycles. The molecule has 2 aliphatic rings. The Morgan fingerprint density at radius 3 is 2.77 bits per heavy atom. The van der Waals surface area contributed by atoms with Crippen molar-refractivity contribution in [2.24, 2.45) is 0 Å². The van der Waals surface area contributed by atoms with Crippen molar-refractivity contribution < 1.29 is 4.79 Å². The number of amides is 1. The van der Waals surface area contributed by atoms with Crippen LogP contribution in [0.15, 0.2) is 35.9 Å². The highest BCUT2D eigenvalue weighted by atomic mass is 16.2. The maximum absolute atomic E-state index is 12.5. The number of benzene rings is 1. The smallest absolute Gasteiger partial charge is 0.246 e. The summed E-state index contributed by atoms with van der Waals surface area (Å²) in [6, 6.07) is 8.43. The molecule has 0 unspecified atom stereocenters. The molecule has 4 rings (SSSR count). The fraction of sp³-hybridized carbons (Fsp3) is 0.421. The number of H-pyrrole nitrogens is 1. The van der Waals surface area contributed by atoms with Gasteiger partial charge in [-0.15, -0.1) is 0 Å². The van der Waals surface area contributed by atoms with Gasteiger partial charge in [0.05, 0.1) is 6.54 Å². The van der Waals surface area contributed by atoms with Crippen LogP contribution in [0.5, 0.6) is 0 Å². The molecular formula is C19H22N2O. The first kappa shape index (κ1) is 13.6. The molecule has 1 fully saturated rings. The van der Waals surface area contributed by atoms with E-state index in [-0.39, 0.29) is 5.91 Å². The Morgan fingerprint density at radius 2 is 1.91 bits per heavy atom. The van der Waals surface area contributed by atoms with Crippen molar-refractivity contribution >= 4 is 16.8 Å². The number of carbonyl (C=O) groups excluding carboxylic acids is 1. The lowest BCUT2D eigenvalue weighted by molar-refractivity contribution is -0.127. The third kappa shape index (κ3) is 2.45. The highest BCUT2D eigenvalue weighted by Crippen LogP contribution is 2.28. The van der Waals surface area contributed by atoms with E-state index >= 15 is 0 Å². The normalized spacial score (nSPS) is 18.4. The minimum absolute atomic E-state index is 0.196. The van der Waals surface area contributed by atoms with Crippen molar-refractivity contribution in [2.45, 2.75) is 45.1 Å². The quantitative estimate of drug-likeness (QED) is 0.794. The van der Waals surface area contributed by atoms with E-state index < -0.39 is 0 Å². The van der Waals surface area contributed by atoms with Gasteiger partial charge in [0.25, 0.3) is 0 Å². The number of fused-ring (bicyclic) bond motifs is 3. The summed E-state index contributed by atoms with van der Waals surface area (Å²) in [6.07, 6.45) is 8.87. The van der Waals surface area contributed by atoms with Crippen molar-refractivity contribution in [3.05, 3.63) is 47.2 Å². The summed E-state index contributed by atoms with van der Waals surface area (Å²) in [5.41, 5.74) is 5.14. The predicted octanol–water partition coefficient (Wildman–Crippen LogP) is 3.94. The van der Waals surface area contributed by atoms with Crippen LogP contribution in [0.3, 0.4) is 0 Å². The van der Waals surface area contributed by atoms with E-state index in [1.165, 1.54) is 47.0 Å². The summed E-state index contributed by atoms with van der Waals surface area (Å²) >= 11 is 0. The van der Waals surface area contributed by atoms with Crippen molar-refractivity contribution in [3.8, 4) is 0 Å². The predicted molar refractivity (Wildman–Crippen MR) is 88.6 cm³/mol. The molecule has 3 nitrogen and oxygen atoms in total. The lowest BCUT2D eigenvalue weighted by Crippen LogP contribution is -2.35. The molecule has 1 aromatic carbocycles. The fourth-order valence-corrected chi connectivity index (χ4v) is 3.80. The van der Waals surface area contributed by atoms with E-state index in [0.29, 0.717) is 6.54 Å². The van der Waals surface area contributed by atoms with Crippen LogP contribution in [0, 0.1) is 0 Å². The number of hydrogen-bond acceptors (Lipinski definition) is 1. The van der Waals surface area contributed by atoms with Crippen LogP contribution in [0.4, 0.5) is 0 Å². The maximum atomic E-state index is 12.5. The van der Waals surface area contributed by atoms with Crippen LogP contribution >= 0.6 is 0 Å². The number of carbonyl (C=O) groups is 1. The van der Waals surface area contributed by atoms with E-state index in [4.69, 9.17) is 0 Å². The topological polar surface area (TPSA) is 36.1 Å². The molecule has 3 heteroatoms. The van der Waals surface area contributed by atoms with Gasteiger partial charge in [0.2, 0.25) is 5.91 Å². The highest BCUT2D eigenvalue weighted by Gasteiger charge is 2.23. The average molecular weight is 294 g/mol. The van der Waals surface area contributed by atoms with Crippen molar-refractivity contribution in [2.75, 3.05) is 6.54 Å². The molecule has 114 valence electrons. The van der Waals surface area contributed by atoms with Crippen LogP contribution in [-0.2, 0) is 17.8 Å². The molecule has 1 aliphatic carbocycles. The van der Waals surface area contributed by atoms with Crippen LogP contribution in [0.25, 0.3) is 10.9 Å². The highest BCUT2D eigenvalue weighted by molar-refractivity contribution is 5.89. The van der Waals surface area contributed by atoms with Gasteiger partial charge in [0.1, 0.15) is 0 Å². The third-order valence-electron chi connectivity index (χ3n) is 5.02. The molecule has 0 spiro atoms. The molecule has 2 aromatic rings. The number of para-hydroxylation sites is 1. The second kappa shape index (κ2) is 5.64. The number of allylic oxidation sites excluding steroid dienone is 1. The van der Waals surface area contributed by atoms with Gasteiger partial charge >= 0.3 is 0 Å². The minimum Gasteiger partial charge on any atom is -0.357 e. The monoisotopic (exact) mass is 294 g/mol. The van der Waals surface area contributed by atoms with Crippen molar-refractivity contribution in [1.82, 2.24) is 9.88 Å². The largest absolute Gasteiger partial charge is 0.357 e. The summed E-state index contributed by atoms with van der Waals surface area (Å²) in [6.45, 7) is 1.55. The van der Waals surface area contributed by atoms with Gasteiger partial charge in [0.15, 0.2) is 0 Å². The molecule has 1 saturated carbocycles. The van der Waals surface area contributed by atoms with Crippen LogP contribution < -0.4 is 0 Å². The third-order valence-corrected chi connectivity index (χ3v) is 5.02. The number of aromatic nitrogens is 1. The zero-order valence-electron chi connectivity index (χ0n) is 12.9. The van der Waals surface area contributed by atoms with Gasteiger partial charge in [0, 0.05) is 29.2 Å². The SMILES string of the molecule is O=C(C=C1CCCCC1)N1CCc2c([nH]c3ccccc23)C1. The molecule has 22 heavy (non-hydrogen) atoms. The average Bonchev–Trinajstić information content (AvgIpc) is 2.93. The second-order valence-corrected chi connectivity index (χ2v) is 6.50. The van der Waals surface area contributed by atoms with E-state index in [2.05, 4.69) is 29.2 Å². The molecule has 1 aliphatic heterocycles. The molecular weight excluding hydrogens is 272 g/mol. The van der Waals surface area contributed by atoms with Gasteiger partial charge in [-0.2, -0.15) is 0 Å². The van der Waals surface area contributed by atoms with E-state index in [9.17, 15) is 4.79 Å². The van der Waals surface area contributed by atoms with E-state index in [1.807, 2.05) is 11.0 Å². The first-order chi connectivity index (χ1) is 10.8. The number of nitrogens with zero attached hydrogens (tertiary/aromatic N) is 1. The van der Waals surface area contributed by atoms with E-state index in [0.717, 1.165) is 25.8 Å². The molecule has 0 bridgehead atoms. The van der Waals surface area contributed by atoms with Crippen molar-refractivity contribution in [3.63, 3.8) is 0 Å². The molecule has 0 saturated heterocycles. The Hall–Kier alpha value is -2.03. The van der Waals surface area contributed by atoms with E-state index in [1.54, 1.807) is 0 Å². The summed E-state index contributed by atoms with van der Waals surface area (Å²) in [4.78, 5) is 18.0. The van der Waals surface area contributed by atoms with Gasteiger partial charge in [-0.1, -0.05) is 30.2 Å². The van der Waals surface area contributed by atoms with Gasteiger partial charge in [-0.3, -0.25) is 4.79 Å². The van der Waals surface area contributed by atoms with Crippen LogP contribution in [-0.4, -0.2) is 22.3 Å². The second-order valence-electron chi connectivity index (χ2n) is 6.50. The van der Waals surface area contributed by atoms with Crippen LogP contribution in [0.2, 0.25) is 0 Å². The number of rotatable bonds is 1. The molecule has 0 atom stereocenters. The lowest BCUT2D eigenvalue weighted by Gasteiger charge is -2.26. The van der Waals surface area contributed by atoms with Crippen molar-refractivity contribution in [1.29, 1.82) is 0 Å². The Balaban J connectivity index is 1.55. The Bertz CT molecular complexity index is 733. The lowest BCUT2D eigenvalue weighted by atomic mass is 9.94. The molecule has 1 N–H and O–H groups in total. The fourth-order valence-electron chi connectivity index (χ4n) is 3.80. The van der Waals surface area contributed by atoms with Crippen LogP contribution in [0.1, 0.15) is 43.4 Å². The summed E-state index contributed by atoms with van der Waals surface area (Å²) in [7, 11) is 0. The summed E-state index contributed by atoms with van der Waals surface area (Å²) in [5.74, 6) is 0.196. The zero-order valence-corrected chi connectivity index (χ0v) is 12.9. The van der Waals surface area contributed by atoms with Gasteiger partial charge in [-0.05, 0) is 43.7 Å². The number of hydrogen-bond donors (Lipinski definition) is 1. The Kier molecular flexibility index (Phi) is 3.49.